The van der Waals surface area contributed by atoms with E-state index in [1.807, 2.05) is 0 Å². The van der Waals surface area contributed by atoms with Crippen LogP contribution in [0.2, 0.25) is 0 Å². The van der Waals surface area contributed by atoms with E-state index in [4.69, 9.17) is 4.74 Å². The average Bonchev–Trinajstić information content (AvgIpc) is 2.55. The summed E-state index contributed by atoms with van der Waals surface area (Å²) < 4.78 is 57.8. The predicted molar refractivity (Wildman–Crippen MR) is 68.2 cm³/mol. The maximum Gasteiger partial charge on any atom is 0.428 e. The van der Waals surface area contributed by atoms with Gasteiger partial charge in [-0.1, -0.05) is 19.1 Å². The van der Waals surface area contributed by atoms with E-state index in [0.29, 0.717) is 5.56 Å². The van der Waals surface area contributed by atoms with Crippen LogP contribution in [0.5, 0.6) is 0 Å². The lowest BCUT2D eigenvalue weighted by Crippen LogP contribution is -2.49. The molecule has 0 aliphatic carbocycles. The van der Waals surface area contributed by atoms with Crippen LogP contribution in [0, 0.1) is 18.7 Å². The number of rotatable bonds is 1. The summed E-state index contributed by atoms with van der Waals surface area (Å²) in [5, 5.41) is 0. The average molecular weight is 304 g/mol. The third kappa shape index (κ3) is 2.03. The first kappa shape index (κ1) is 15.8. The van der Waals surface area contributed by atoms with E-state index in [9.17, 15) is 22.4 Å². The Bertz CT molecular complexity index is 596. The molecule has 1 aromatic rings. The molecule has 2 nitrogen and oxygen atoms in total. The van der Waals surface area contributed by atoms with Crippen molar-refractivity contribution in [3.8, 4) is 0 Å². The van der Waals surface area contributed by atoms with E-state index in [2.05, 4.69) is 0 Å². The number of carbonyl (C=O) groups is 1. The van der Waals surface area contributed by atoms with Crippen molar-refractivity contribution >= 4 is 5.97 Å². The highest BCUT2D eigenvalue weighted by Crippen LogP contribution is 2.53. The lowest BCUT2D eigenvalue weighted by Gasteiger charge is -2.33. The lowest BCUT2D eigenvalue weighted by atomic mass is 9.68. The van der Waals surface area contributed by atoms with Crippen LogP contribution in [0.3, 0.4) is 0 Å². The summed E-state index contributed by atoms with van der Waals surface area (Å²) >= 11 is 0. The molecule has 6 heteroatoms. The maximum absolute atomic E-state index is 13.3. The van der Waals surface area contributed by atoms with Gasteiger partial charge in [-0.3, -0.25) is 4.79 Å². The molecule has 116 valence electrons. The molecule has 0 amide bonds. The van der Waals surface area contributed by atoms with Crippen molar-refractivity contribution in [2.45, 2.75) is 44.9 Å². The summed E-state index contributed by atoms with van der Waals surface area (Å²) in [4.78, 5) is 12.1. The number of esters is 1. The molecule has 1 aliphatic rings. The largest absolute Gasteiger partial charge is 0.449 e. The third-order valence-corrected chi connectivity index (χ3v) is 4.74. The Labute approximate surface area is 120 Å². The molecule has 0 radical (unpaired) electrons. The molecule has 1 aromatic carbocycles. The van der Waals surface area contributed by atoms with Crippen molar-refractivity contribution in [2.24, 2.45) is 5.92 Å². The molecule has 21 heavy (non-hydrogen) atoms. The molecule has 0 bridgehead atoms. The van der Waals surface area contributed by atoms with Gasteiger partial charge in [0.05, 0.1) is 5.41 Å². The fraction of sp³-hybridized carbons (Fsp3) is 0.533. The van der Waals surface area contributed by atoms with Crippen LogP contribution in [-0.4, -0.2) is 17.7 Å². The van der Waals surface area contributed by atoms with E-state index in [-0.39, 0.29) is 5.56 Å². The van der Waals surface area contributed by atoms with E-state index in [1.54, 1.807) is 0 Å². The van der Waals surface area contributed by atoms with Gasteiger partial charge in [-0.15, -0.1) is 0 Å². The van der Waals surface area contributed by atoms with Crippen molar-refractivity contribution in [1.82, 2.24) is 0 Å². The second-order valence-corrected chi connectivity index (χ2v) is 5.88. The molecule has 1 heterocycles. The maximum atomic E-state index is 13.3. The zero-order chi connectivity index (χ0) is 16.2. The van der Waals surface area contributed by atoms with Gasteiger partial charge in [0, 0.05) is 5.92 Å². The van der Waals surface area contributed by atoms with E-state index in [1.165, 1.54) is 32.9 Å². The molecule has 3 atom stereocenters. The molecule has 1 fully saturated rings. The Kier molecular flexibility index (Phi) is 3.35. The highest BCUT2D eigenvalue weighted by Gasteiger charge is 2.69. The summed E-state index contributed by atoms with van der Waals surface area (Å²) in [5.41, 5.74) is -3.43. The fourth-order valence-corrected chi connectivity index (χ4v) is 2.75. The van der Waals surface area contributed by atoms with E-state index < -0.39 is 34.9 Å². The normalized spacial score (nSPS) is 33.1. The van der Waals surface area contributed by atoms with Crippen molar-refractivity contribution in [2.75, 3.05) is 0 Å². The fourth-order valence-electron chi connectivity index (χ4n) is 2.75. The quantitative estimate of drug-likeness (QED) is 0.581. The van der Waals surface area contributed by atoms with E-state index >= 15 is 0 Å². The molecular weight excluding hydrogens is 288 g/mol. The Morgan fingerprint density at radius 3 is 2.24 bits per heavy atom. The number of benzene rings is 1. The summed E-state index contributed by atoms with van der Waals surface area (Å²) in [6.07, 6.45) is -4.67. The third-order valence-electron chi connectivity index (χ3n) is 4.74. The number of halogens is 4. The Morgan fingerprint density at radius 1 is 1.24 bits per heavy atom. The topological polar surface area (TPSA) is 26.3 Å². The summed E-state index contributed by atoms with van der Waals surface area (Å²) in [7, 11) is 0. The number of ether oxygens (including phenoxy) is 1. The standard InChI is InChI=1S/C15H16F4O2/c1-8-7-10(5-6-11(8)16)13(3)9(2)14(4,15(17,18)19)21-12(13)20/h5-7,9H,1-4H3/t9-,13-,14+/m0/s1. The van der Waals surface area contributed by atoms with Gasteiger partial charge < -0.3 is 4.74 Å². The van der Waals surface area contributed by atoms with Crippen LogP contribution < -0.4 is 0 Å². The highest BCUT2D eigenvalue weighted by atomic mass is 19.4. The first-order valence-corrected chi connectivity index (χ1v) is 6.51. The molecule has 0 aromatic heterocycles. The van der Waals surface area contributed by atoms with Crippen LogP contribution in [-0.2, 0) is 14.9 Å². The SMILES string of the molecule is Cc1cc([C@@]2(C)C(=O)O[C@@](C)(C(F)(F)F)[C@H]2C)ccc1F. The molecular formula is C15H16F4O2. The first-order valence-electron chi connectivity index (χ1n) is 6.51. The van der Waals surface area contributed by atoms with Crippen LogP contribution in [0.4, 0.5) is 17.6 Å². The first-order chi connectivity index (χ1) is 9.44. The molecule has 0 unspecified atom stereocenters. The number of hydrogen-bond donors (Lipinski definition) is 0. The van der Waals surface area contributed by atoms with Gasteiger partial charge >= 0.3 is 12.1 Å². The molecule has 1 saturated heterocycles. The van der Waals surface area contributed by atoms with Crippen molar-refractivity contribution in [1.29, 1.82) is 0 Å². The second kappa shape index (κ2) is 4.45. The minimum absolute atomic E-state index is 0.273. The molecule has 0 saturated carbocycles. The zero-order valence-electron chi connectivity index (χ0n) is 12.1. The molecule has 1 aliphatic heterocycles. The highest BCUT2D eigenvalue weighted by molar-refractivity contribution is 5.86. The predicted octanol–water partition coefficient (Wildman–Crippen LogP) is 3.91. The van der Waals surface area contributed by atoms with Gasteiger partial charge in [0.15, 0.2) is 0 Å². The van der Waals surface area contributed by atoms with Crippen LogP contribution in [0.15, 0.2) is 18.2 Å². The van der Waals surface area contributed by atoms with Crippen molar-refractivity contribution in [3.05, 3.63) is 35.1 Å². The molecule has 2 rings (SSSR count). The van der Waals surface area contributed by atoms with Gasteiger partial charge in [0.1, 0.15) is 5.82 Å². The number of cyclic esters (lactones) is 1. The van der Waals surface area contributed by atoms with Gasteiger partial charge in [0.2, 0.25) is 5.60 Å². The van der Waals surface area contributed by atoms with Crippen LogP contribution in [0.1, 0.15) is 31.9 Å². The Morgan fingerprint density at radius 2 is 1.81 bits per heavy atom. The minimum Gasteiger partial charge on any atom is -0.449 e. The zero-order valence-corrected chi connectivity index (χ0v) is 12.1. The number of carbonyl (C=O) groups excluding carboxylic acids is 1. The summed E-state index contributed by atoms with van der Waals surface area (Å²) in [6, 6.07) is 3.89. The molecule has 0 spiro atoms. The van der Waals surface area contributed by atoms with Gasteiger partial charge in [-0.05, 0) is 38.0 Å². The monoisotopic (exact) mass is 304 g/mol. The number of alkyl halides is 3. The van der Waals surface area contributed by atoms with Gasteiger partial charge in [0.25, 0.3) is 0 Å². The van der Waals surface area contributed by atoms with E-state index in [0.717, 1.165) is 13.0 Å². The van der Waals surface area contributed by atoms with Crippen molar-refractivity contribution < 1.29 is 27.1 Å². The molecule has 0 N–H and O–H groups in total. The second-order valence-electron chi connectivity index (χ2n) is 5.88. The van der Waals surface area contributed by atoms with Crippen LogP contribution >= 0.6 is 0 Å². The Hall–Kier alpha value is -1.59. The Balaban J connectivity index is 2.57. The summed E-state index contributed by atoms with van der Waals surface area (Å²) in [5.74, 6) is -2.55. The number of aryl methyl sites for hydroxylation is 1. The lowest BCUT2D eigenvalue weighted by molar-refractivity contribution is -0.262. The van der Waals surface area contributed by atoms with Crippen LogP contribution in [0.25, 0.3) is 0 Å². The smallest absolute Gasteiger partial charge is 0.428 e. The minimum atomic E-state index is -4.67. The van der Waals surface area contributed by atoms with Crippen molar-refractivity contribution in [3.63, 3.8) is 0 Å². The van der Waals surface area contributed by atoms with Gasteiger partial charge in [-0.25, -0.2) is 4.39 Å². The van der Waals surface area contributed by atoms with Gasteiger partial charge in [-0.2, -0.15) is 13.2 Å². The number of hydrogen-bond acceptors (Lipinski definition) is 2. The summed E-state index contributed by atoms with van der Waals surface area (Å²) in [6.45, 7) is 5.11.